The minimum Gasteiger partial charge on any atom is -0.493 e. The summed E-state index contributed by atoms with van der Waals surface area (Å²) in [6, 6.07) is 19.6. The normalized spacial score (nSPS) is 10.6. The van der Waals surface area contributed by atoms with Gasteiger partial charge in [0.2, 0.25) is 0 Å². The molecule has 0 unspecified atom stereocenters. The molecule has 0 aromatic heterocycles. The number of hydrogen-bond donors (Lipinski definition) is 2. The van der Waals surface area contributed by atoms with E-state index in [1.165, 1.54) is 13.3 Å². The Labute approximate surface area is 194 Å². The third kappa shape index (κ3) is 6.68. The van der Waals surface area contributed by atoms with Crippen molar-refractivity contribution in [1.82, 2.24) is 5.43 Å². The second-order valence-corrected chi connectivity index (χ2v) is 7.74. The molecule has 3 aromatic rings. The summed E-state index contributed by atoms with van der Waals surface area (Å²) in [5.41, 5.74) is 5.47. The minimum absolute atomic E-state index is 0.166. The van der Waals surface area contributed by atoms with Crippen molar-refractivity contribution in [2.24, 2.45) is 5.10 Å². The van der Waals surface area contributed by atoms with E-state index in [9.17, 15) is 9.59 Å². The van der Waals surface area contributed by atoms with Crippen LogP contribution in [0.5, 0.6) is 11.5 Å². The fourth-order valence-corrected chi connectivity index (χ4v) is 3.12. The monoisotopic (exact) mass is 495 g/mol. The number of methoxy groups -OCH3 is 1. The van der Waals surface area contributed by atoms with Gasteiger partial charge in [0.05, 0.1) is 13.3 Å². The Kier molecular flexibility index (Phi) is 7.99. The maximum Gasteiger partial charge on any atom is 0.271 e. The average molecular weight is 496 g/mol. The summed E-state index contributed by atoms with van der Waals surface area (Å²) in [5.74, 6) is 0.253. The van der Waals surface area contributed by atoms with E-state index in [2.05, 4.69) is 31.8 Å². The number of carbonyl (C=O) groups is 2. The van der Waals surface area contributed by atoms with Crippen molar-refractivity contribution in [1.29, 1.82) is 0 Å². The molecule has 0 aliphatic rings. The number of benzene rings is 3. The number of carbonyl (C=O) groups excluding carboxylic acids is 2. The number of ether oxygens (including phenoxy) is 2. The lowest BCUT2D eigenvalue weighted by Gasteiger charge is -2.11. The third-order valence-corrected chi connectivity index (χ3v) is 4.84. The van der Waals surface area contributed by atoms with Crippen molar-refractivity contribution < 1.29 is 19.1 Å². The van der Waals surface area contributed by atoms with Gasteiger partial charge in [0, 0.05) is 15.7 Å². The first kappa shape index (κ1) is 23.0. The van der Waals surface area contributed by atoms with Crippen LogP contribution in [0, 0.1) is 6.92 Å². The molecule has 0 heterocycles. The zero-order chi connectivity index (χ0) is 22.9. The van der Waals surface area contributed by atoms with E-state index in [0.717, 1.165) is 10.0 Å². The van der Waals surface area contributed by atoms with Crippen LogP contribution < -0.4 is 20.2 Å². The number of amides is 2. The zero-order valence-electron chi connectivity index (χ0n) is 17.6. The van der Waals surface area contributed by atoms with E-state index in [1.807, 2.05) is 37.3 Å². The Morgan fingerprint density at radius 1 is 1.03 bits per heavy atom. The molecule has 0 fully saturated rings. The van der Waals surface area contributed by atoms with Crippen molar-refractivity contribution in [3.63, 3.8) is 0 Å². The average Bonchev–Trinajstić information content (AvgIpc) is 2.79. The molecule has 0 spiro atoms. The molecule has 0 saturated carbocycles. The van der Waals surface area contributed by atoms with Gasteiger partial charge in [-0.3, -0.25) is 9.59 Å². The van der Waals surface area contributed by atoms with Crippen LogP contribution in [0.3, 0.4) is 0 Å². The van der Waals surface area contributed by atoms with Gasteiger partial charge < -0.3 is 14.8 Å². The first-order valence-corrected chi connectivity index (χ1v) is 10.5. The molecule has 164 valence electrons. The molecule has 0 radical (unpaired) electrons. The van der Waals surface area contributed by atoms with E-state index in [1.54, 1.807) is 36.4 Å². The Bertz CT molecular complexity index is 1130. The van der Waals surface area contributed by atoms with Gasteiger partial charge in [0.1, 0.15) is 0 Å². The summed E-state index contributed by atoms with van der Waals surface area (Å²) in [6.45, 7) is 1.81. The van der Waals surface area contributed by atoms with E-state index in [4.69, 9.17) is 9.47 Å². The smallest absolute Gasteiger partial charge is 0.271 e. The minimum atomic E-state index is -0.325. The predicted octanol–water partition coefficient (Wildman–Crippen LogP) is 4.55. The predicted molar refractivity (Wildman–Crippen MR) is 127 cm³/mol. The van der Waals surface area contributed by atoms with Crippen LogP contribution in [0.25, 0.3) is 0 Å². The van der Waals surface area contributed by atoms with Gasteiger partial charge >= 0.3 is 0 Å². The van der Waals surface area contributed by atoms with Crippen LogP contribution >= 0.6 is 15.9 Å². The van der Waals surface area contributed by atoms with Crippen molar-refractivity contribution in [2.75, 3.05) is 19.0 Å². The molecule has 32 heavy (non-hydrogen) atoms. The number of halogens is 1. The molecule has 0 atom stereocenters. The lowest BCUT2D eigenvalue weighted by atomic mass is 10.2. The molecule has 3 rings (SSSR count). The van der Waals surface area contributed by atoms with Gasteiger partial charge in [-0.25, -0.2) is 5.43 Å². The Balaban J connectivity index is 1.56. The summed E-state index contributed by atoms with van der Waals surface area (Å²) < 4.78 is 11.8. The molecule has 0 aliphatic heterocycles. The SMILES string of the molecule is COc1cc(/C=N\NC(=O)c2cccc(Br)c2)ccc1OCC(=O)Nc1ccc(C)cc1. The Morgan fingerprint density at radius 2 is 1.81 bits per heavy atom. The number of nitrogens with zero attached hydrogens (tertiary/aromatic N) is 1. The van der Waals surface area contributed by atoms with Gasteiger partial charge in [-0.1, -0.05) is 39.7 Å². The fourth-order valence-electron chi connectivity index (χ4n) is 2.72. The van der Waals surface area contributed by atoms with Crippen LogP contribution in [-0.4, -0.2) is 31.7 Å². The van der Waals surface area contributed by atoms with Gasteiger partial charge in [0.25, 0.3) is 11.8 Å². The number of anilines is 1. The van der Waals surface area contributed by atoms with Gasteiger partial charge in [0.15, 0.2) is 18.1 Å². The number of rotatable bonds is 8. The third-order valence-electron chi connectivity index (χ3n) is 4.35. The lowest BCUT2D eigenvalue weighted by molar-refractivity contribution is -0.118. The Morgan fingerprint density at radius 3 is 2.53 bits per heavy atom. The molecule has 8 heteroatoms. The van der Waals surface area contributed by atoms with E-state index < -0.39 is 0 Å². The van der Waals surface area contributed by atoms with Crippen molar-refractivity contribution in [2.45, 2.75) is 6.92 Å². The fraction of sp³-hybridized carbons (Fsp3) is 0.125. The molecule has 0 aliphatic carbocycles. The number of aryl methyl sites for hydroxylation is 1. The van der Waals surface area contributed by atoms with Gasteiger partial charge in [-0.15, -0.1) is 0 Å². The largest absolute Gasteiger partial charge is 0.493 e. The quantitative estimate of drug-likeness (QED) is 0.354. The molecule has 7 nitrogen and oxygen atoms in total. The molecular weight excluding hydrogens is 474 g/mol. The van der Waals surface area contributed by atoms with Crippen molar-refractivity contribution >= 4 is 39.6 Å². The van der Waals surface area contributed by atoms with Gasteiger partial charge in [-0.05, 0) is 61.0 Å². The molecule has 0 saturated heterocycles. The molecule has 2 amide bonds. The van der Waals surface area contributed by atoms with Crippen LogP contribution in [0.2, 0.25) is 0 Å². The standard InChI is InChI=1S/C24H22BrN3O4/c1-16-6-9-20(10-7-16)27-23(29)15-32-21-11-8-17(12-22(21)31-2)14-26-28-24(30)18-4-3-5-19(25)13-18/h3-14H,15H2,1-2H3,(H,27,29)(H,28,30)/b26-14-. The second kappa shape index (κ2) is 11.1. The van der Waals surface area contributed by atoms with Crippen LogP contribution in [0.15, 0.2) is 76.3 Å². The van der Waals surface area contributed by atoms with E-state index in [-0.39, 0.29) is 18.4 Å². The van der Waals surface area contributed by atoms with E-state index in [0.29, 0.717) is 28.3 Å². The summed E-state index contributed by atoms with van der Waals surface area (Å²) in [5, 5.41) is 6.75. The van der Waals surface area contributed by atoms with Crippen molar-refractivity contribution in [3.8, 4) is 11.5 Å². The summed E-state index contributed by atoms with van der Waals surface area (Å²) in [7, 11) is 1.50. The summed E-state index contributed by atoms with van der Waals surface area (Å²) >= 11 is 3.33. The zero-order valence-corrected chi connectivity index (χ0v) is 19.2. The molecular formula is C24H22BrN3O4. The van der Waals surface area contributed by atoms with Crippen LogP contribution in [0.1, 0.15) is 21.5 Å². The highest BCUT2D eigenvalue weighted by molar-refractivity contribution is 9.10. The molecule has 3 aromatic carbocycles. The molecule has 2 N–H and O–H groups in total. The maximum atomic E-state index is 12.1. The van der Waals surface area contributed by atoms with Crippen LogP contribution in [0.4, 0.5) is 5.69 Å². The summed E-state index contributed by atoms with van der Waals surface area (Å²) in [6.07, 6.45) is 1.49. The number of hydrogen-bond acceptors (Lipinski definition) is 5. The highest BCUT2D eigenvalue weighted by atomic mass is 79.9. The topological polar surface area (TPSA) is 89.0 Å². The second-order valence-electron chi connectivity index (χ2n) is 6.82. The number of hydrazone groups is 1. The highest BCUT2D eigenvalue weighted by Gasteiger charge is 2.09. The summed E-state index contributed by atoms with van der Waals surface area (Å²) in [4.78, 5) is 24.3. The molecule has 0 bridgehead atoms. The number of nitrogens with one attached hydrogen (secondary N) is 2. The maximum absolute atomic E-state index is 12.1. The van der Waals surface area contributed by atoms with Crippen molar-refractivity contribution in [3.05, 3.63) is 87.9 Å². The van der Waals surface area contributed by atoms with E-state index >= 15 is 0 Å². The first-order chi connectivity index (χ1) is 15.4. The lowest BCUT2D eigenvalue weighted by Crippen LogP contribution is -2.20. The van der Waals surface area contributed by atoms with Crippen LogP contribution in [-0.2, 0) is 4.79 Å². The highest BCUT2D eigenvalue weighted by Crippen LogP contribution is 2.27. The van der Waals surface area contributed by atoms with Gasteiger partial charge in [-0.2, -0.15) is 5.10 Å². The Hall–Kier alpha value is -3.65. The first-order valence-electron chi connectivity index (χ1n) is 9.71.